The van der Waals surface area contributed by atoms with Gasteiger partial charge in [-0.3, -0.25) is 4.85 Å². The first-order valence-electron chi connectivity index (χ1n) is 12.3. The minimum Gasteiger partial charge on any atom is -0.460 e. The number of benzene rings is 4. The molecule has 188 valence electrons. The third kappa shape index (κ3) is 7.05. The number of carbonyl (C=O) groups is 1. The topological polar surface area (TPSA) is 80.1 Å². The van der Waals surface area contributed by atoms with Crippen molar-refractivity contribution in [2.75, 3.05) is 6.61 Å². The Balaban J connectivity index is 1.50. The number of ether oxygens (including phenoxy) is 1. The Kier molecular flexibility index (Phi) is 8.82. The van der Waals surface area contributed by atoms with Gasteiger partial charge in [0.25, 0.3) is 0 Å². The Hall–Kier alpha value is -4.96. The van der Waals surface area contributed by atoms with Crippen molar-refractivity contribution in [3.05, 3.63) is 132 Å². The molecule has 0 saturated carbocycles. The fraction of sp³-hybridized carbons (Fsp3) is 0.161. The molecule has 7 nitrogen and oxygen atoms in total. The van der Waals surface area contributed by atoms with Gasteiger partial charge in [0, 0.05) is 0 Å². The Morgan fingerprint density at radius 2 is 1.03 bits per heavy atom. The normalized spacial score (nSPS) is 12.7. The van der Waals surface area contributed by atoms with Crippen molar-refractivity contribution in [2.45, 2.75) is 25.3 Å². The summed E-state index contributed by atoms with van der Waals surface area (Å²) in [6, 6.07) is 33.7. The van der Waals surface area contributed by atoms with Crippen LogP contribution in [-0.4, -0.2) is 18.1 Å². The Bertz CT molecular complexity index is 1330. The molecule has 0 bridgehead atoms. The molecule has 4 aromatic carbocycles. The SMILES string of the molecule is [C-]#[N+]C(Cc1ccc(N=Nc2ccccc2)cc1)(Cc1ccc(N=Nc2ccccc2)cc1)C(=O)OCC. The highest BCUT2D eigenvalue weighted by Gasteiger charge is 2.47. The van der Waals surface area contributed by atoms with Crippen LogP contribution in [0, 0.1) is 6.57 Å². The lowest BCUT2D eigenvalue weighted by atomic mass is 9.85. The maximum Gasteiger partial charge on any atom is 0.394 e. The van der Waals surface area contributed by atoms with Crippen molar-refractivity contribution in [1.29, 1.82) is 0 Å². The predicted molar refractivity (Wildman–Crippen MR) is 147 cm³/mol. The van der Waals surface area contributed by atoms with Gasteiger partial charge in [-0.1, -0.05) is 60.7 Å². The smallest absolute Gasteiger partial charge is 0.394 e. The van der Waals surface area contributed by atoms with Crippen molar-refractivity contribution in [1.82, 2.24) is 0 Å². The molecular weight excluding hydrogens is 474 g/mol. The van der Waals surface area contributed by atoms with Crippen molar-refractivity contribution in [2.24, 2.45) is 20.5 Å². The zero-order chi connectivity index (χ0) is 26.6. The van der Waals surface area contributed by atoms with Gasteiger partial charge < -0.3 is 4.74 Å². The summed E-state index contributed by atoms with van der Waals surface area (Å²) >= 11 is 0. The Morgan fingerprint density at radius 3 is 1.37 bits per heavy atom. The number of hydrogen-bond donors (Lipinski definition) is 0. The van der Waals surface area contributed by atoms with Gasteiger partial charge in [-0.2, -0.15) is 20.5 Å². The summed E-state index contributed by atoms with van der Waals surface area (Å²) in [6.45, 7) is 9.92. The third-order valence-electron chi connectivity index (χ3n) is 5.81. The lowest BCUT2D eigenvalue weighted by Crippen LogP contribution is -2.41. The number of esters is 1. The molecule has 0 spiro atoms. The molecule has 0 unspecified atom stereocenters. The van der Waals surface area contributed by atoms with E-state index in [2.05, 4.69) is 25.3 Å². The molecule has 0 heterocycles. The fourth-order valence-corrected chi connectivity index (χ4v) is 3.85. The van der Waals surface area contributed by atoms with E-state index in [1.54, 1.807) is 6.92 Å². The Labute approximate surface area is 222 Å². The zero-order valence-corrected chi connectivity index (χ0v) is 21.1. The van der Waals surface area contributed by atoms with E-state index in [0.29, 0.717) is 11.4 Å². The molecule has 0 amide bonds. The molecule has 0 aromatic heterocycles. The van der Waals surface area contributed by atoms with Crippen molar-refractivity contribution >= 4 is 28.7 Å². The third-order valence-corrected chi connectivity index (χ3v) is 5.81. The Morgan fingerprint density at radius 1 is 0.658 bits per heavy atom. The summed E-state index contributed by atoms with van der Waals surface area (Å²) in [5, 5.41) is 17.0. The molecule has 0 N–H and O–H groups in total. The monoisotopic (exact) mass is 501 g/mol. The average Bonchev–Trinajstić information content (AvgIpc) is 2.97. The van der Waals surface area contributed by atoms with E-state index in [1.165, 1.54) is 0 Å². The van der Waals surface area contributed by atoms with E-state index < -0.39 is 11.5 Å². The minimum absolute atomic E-state index is 0.202. The second kappa shape index (κ2) is 12.8. The minimum atomic E-state index is -1.39. The van der Waals surface area contributed by atoms with Gasteiger partial charge >= 0.3 is 11.5 Å². The van der Waals surface area contributed by atoms with E-state index in [1.807, 2.05) is 109 Å². The van der Waals surface area contributed by atoms with Gasteiger partial charge in [0.05, 0.1) is 42.2 Å². The molecular formula is C31H27N5O2. The zero-order valence-electron chi connectivity index (χ0n) is 21.1. The van der Waals surface area contributed by atoms with Gasteiger partial charge in [0.1, 0.15) is 0 Å². The molecule has 7 heteroatoms. The van der Waals surface area contributed by atoms with Gasteiger partial charge in [0.2, 0.25) is 0 Å². The van der Waals surface area contributed by atoms with Crippen LogP contribution in [0.1, 0.15) is 18.1 Å². The van der Waals surface area contributed by atoms with Crippen LogP contribution in [0.4, 0.5) is 22.7 Å². The van der Waals surface area contributed by atoms with Crippen LogP contribution in [0.15, 0.2) is 130 Å². The number of hydrogen-bond acceptors (Lipinski definition) is 6. The maximum atomic E-state index is 13.1. The highest BCUT2D eigenvalue weighted by molar-refractivity contribution is 5.84. The largest absolute Gasteiger partial charge is 0.460 e. The molecule has 0 atom stereocenters. The number of carbonyl (C=O) groups excluding carboxylic acids is 1. The molecule has 0 aliphatic rings. The number of rotatable bonds is 10. The van der Waals surface area contributed by atoms with Crippen LogP contribution in [-0.2, 0) is 22.4 Å². The van der Waals surface area contributed by atoms with Gasteiger partial charge in [-0.15, -0.1) is 0 Å². The first kappa shape index (κ1) is 26.1. The van der Waals surface area contributed by atoms with Gasteiger partial charge in [-0.25, -0.2) is 11.4 Å². The standard InChI is InChI=1S/C31H27N5O2/c1-3-38-30(37)31(32-2,22-24-14-18-28(19-15-24)35-33-26-10-6-4-7-11-26)23-25-16-20-29(21-17-25)36-34-27-12-8-5-9-13-27/h4-21H,3,22-23H2,1H3. The van der Waals surface area contributed by atoms with Crippen molar-refractivity contribution in [3.63, 3.8) is 0 Å². The van der Waals surface area contributed by atoms with Crippen LogP contribution >= 0.6 is 0 Å². The van der Waals surface area contributed by atoms with E-state index in [-0.39, 0.29) is 19.4 Å². The summed E-state index contributed by atoms with van der Waals surface area (Å²) in [5.41, 5.74) is 3.17. The van der Waals surface area contributed by atoms with Crippen molar-refractivity contribution < 1.29 is 9.53 Å². The second-order valence-corrected chi connectivity index (χ2v) is 8.62. The highest BCUT2D eigenvalue weighted by atomic mass is 16.5. The van der Waals surface area contributed by atoms with Crippen LogP contribution in [0.2, 0.25) is 0 Å². The average molecular weight is 502 g/mol. The van der Waals surface area contributed by atoms with E-state index in [9.17, 15) is 4.79 Å². The van der Waals surface area contributed by atoms with E-state index in [0.717, 1.165) is 22.5 Å². The second-order valence-electron chi connectivity index (χ2n) is 8.62. The summed E-state index contributed by atoms with van der Waals surface area (Å²) in [6.07, 6.45) is 0.418. The summed E-state index contributed by atoms with van der Waals surface area (Å²) < 4.78 is 5.35. The van der Waals surface area contributed by atoms with Gasteiger partial charge in [0.15, 0.2) is 0 Å². The van der Waals surface area contributed by atoms with Crippen molar-refractivity contribution in [3.8, 4) is 0 Å². The van der Waals surface area contributed by atoms with Crippen LogP contribution in [0.3, 0.4) is 0 Å². The summed E-state index contributed by atoms with van der Waals surface area (Å²) in [5.74, 6) is -0.532. The van der Waals surface area contributed by atoms with Crippen LogP contribution < -0.4 is 0 Å². The molecule has 38 heavy (non-hydrogen) atoms. The van der Waals surface area contributed by atoms with Gasteiger partial charge in [-0.05, 0) is 66.6 Å². The fourth-order valence-electron chi connectivity index (χ4n) is 3.85. The highest BCUT2D eigenvalue weighted by Crippen LogP contribution is 2.28. The van der Waals surface area contributed by atoms with E-state index >= 15 is 0 Å². The van der Waals surface area contributed by atoms with Crippen LogP contribution in [0.5, 0.6) is 0 Å². The lowest BCUT2D eigenvalue weighted by Gasteiger charge is -2.20. The maximum absolute atomic E-state index is 13.1. The van der Waals surface area contributed by atoms with E-state index in [4.69, 9.17) is 11.3 Å². The molecule has 0 radical (unpaired) electrons. The van der Waals surface area contributed by atoms with Crippen LogP contribution in [0.25, 0.3) is 4.85 Å². The molecule has 4 aromatic rings. The number of nitrogens with zero attached hydrogens (tertiary/aromatic N) is 5. The predicted octanol–water partition coefficient (Wildman–Crippen LogP) is 8.52. The molecule has 0 fully saturated rings. The first-order chi connectivity index (χ1) is 18.6. The molecule has 0 saturated heterocycles. The first-order valence-corrected chi connectivity index (χ1v) is 12.3. The molecule has 0 aliphatic heterocycles. The molecule has 0 aliphatic carbocycles. The molecule has 4 rings (SSSR count). The summed E-state index contributed by atoms with van der Waals surface area (Å²) in [7, 11) is 0. The quantitative estimate of drug-likeness (QED) is 0.124. The lowest BCUT2D eigenvalue weighted by molar-refractivity contribution is -0.147. The summed E-state index contributed by atoms with van der Waals surface area (Å²) in [4.78, 5) is 16.9. The number of azo groups is 2.